The first-order valence-electron chi connectivity index (χ1n) is 8.56. The highest BCUT2D eigenvalue weighted by Gasteiger charge is 2.12. The summed E-state index contributed by atoms with van der Waals surface area (Å²) in [5.74, 6) is -0.137. The molecular formula is C20H19N3O4. The summed E-state index contributed by atoms with van der Waals surface area (Å²) in [4.78, 5) is 36.2. The Morgan fingerprint density at radius 1 is 0.889 bits per heavy atom. The maximum absolute atomic E-state index is 12.3. The molecule has 0 spiro atoms. The number of benzene rings is 2. The lowest BCUT2D eigenvalue weighted by Crippen LogP contribution is -2.24. The summed E-state index contributed by atoms with van der Waals surface area (Å²) in [6.45, 7) is 1.91. The van der Waals surface area contributed by atoms with Crippen molar-refractivity contribution >= 4 is 40.0 Å². The van der Waals surface area contributed by atoms with E-state index in [0.29, 0.717) is 28.8 Å². The van der Waals surface area contributed by atoms with E-state index in [4.69, 9.17) is 4.42 Å². The van der Waals surface area contributed by atoms with E-state index in [9.17, 15) is 14.4 Å². The van der Waals surface area contributed by atoms with E-state index in [1.165, 1.54) is 0 Å². The normalized spacial score (nSPS) is 10.4. The molecule has 2 aromatic carbocycles. The van der Waals surface area contributed by atoms with Gasteiger partial charge in [-0.15, -0.1) is 0 Å². The minimum atomic E-state index is -0.645. The maximum atomic E-state index is 12.3. The highest BCUT2D eigenvalue weighted by molar-refractivity contribution is 6.04. The van der Waals surface area contributed by atoms with E-state index in [0.717, 1.165) is 6.42 Å². The van der Waals surface area contributed by atoms with E-state index in [-0.39, 0.29) is 11.6 Å². The molecule has 138 valence electrons. The van der Waals surface area contributed by atoms with Gasteiger partial charge in [0.25, 0.3) is 0 Å². The van der Waals surface area contributed by atoms with E-state index < -0.39 is 11.7 Å². The SMILES string of the molecule is CCCC(=O)Nc1ccccc1NC(=O)Nc1cc2ccccc2oc1=O. The van der Waals surface area contributed by atoms with Crippen LogP contribution in [0.5, 0.6) is 0 Å². The first-order valence-corrected chi connectivity index (χ1v) is 8.56. The Hall–Kier alpha value is -3.61. The molecule has 7 heteroatoms. The molecule has 3 rings (SSSR count). The molecule has 7 nitrogen and oxygen atoms in total. The number of carbonyl (C=O) groups is 2. The van der Waals surface area contributed by atoms with Crippen molar-refractivity contribution in [1.29, 1.82) is 0 Å². The third kappa shape index (κ3) is 4.52. The van der Waals surface area contributed by atoms with Crippen LogP contribution in [0.1, 0.15) is 19.8 Å². The predicted molar refractivity (Wildman–Crippen MR) is 105 cm³/mol. The van der Waals surface area contributed by atoms with Crippen molar-refractivity contribution in [3.05, 3.63) is 65.0 Å². The van der Waals surface area contributed by atoms with Gasteiger partial charge in [0.05, 0.1) is 11.4 Å². The van der Waals surface area contributed by atoms with Crippen LogP contribution in [0.4, 0.5) is 21.9 Å². The van der Waals surface area contributed by atoms with Crippen LogP contribution in [0.15, 0.2) is 63.8 Å². The number of urea groups is 1. The van der Waals surface area contributed by atoms with Gasteiger partial charge in [0, 0.05) is 11.8 Å². The van der Waals surface area contributed by atoms with Gasteiger partial charge in [-0.2, -0.15) is 0 Å². The topological polar surface area (TPSA) is 100 Å². The Morgan fingerprint density at radius 2 is 1.52 bits per heavy atom. The van der Waals surface area contributed by atoms with Crippen LogP contribution in [0.3, 0.4) is 0 Å². The Balaban J connectivity index is 1.76. The van der Waals surface area contributed by atoms with Gasteiger partial charge in [0.1, 0.15) is 11.3 Å². The molecule has 0 fully saturated rings. The molecule has 0 aliphatic rings. The second-order valence-corrected chi connectivity index (χ2v) is 5.91. The maximum Gasteiger partial charge on any atom is 0.360 e. The smallest absolute Gasteiger partial charge is 0.360 e. The fraction of sp³-hybridized carbons (Fsp3) is 0.150. The van der Waals surface area contributed by atoms with Crippen molar-refractivity contribution in [3.8, 4) is 0 Å². The Morgan fingerprint density at radius 3 is 2.26 bits per heavy atom. The first kappa shape index (κ1) is 18.2. The number of para-hydroxylation sites is 3. The number of amides is 3. The lowest BCUT2D eigenvalue weighted by atomic mass is 10.2. The molecule has 27 heavy (non-hydrogen) atoms. The number of hydrogen-bond donors (Lipinski definition) is 3. The zero-order valence-corrected chi connectivity index (χ0v) is 14.7. The summed E-state index contributed by atoms with van der Waals surface area (Å²) >= 11 is 0. The third-order valence-corrected chi connectivity index (χ3v) is 3.82. The molecule has 0 aliphatic carbocycles. The van der Waals surface area contributed by atoms with Crippen molar-refractivity contribution in [3.63, 3.8) is 0 Å². The zero-order chi connectivity index (χ0) is 19.2. The molecule has 0 saturated carbocycles. The number of carbonyl (C=O) groups excluding carboxylic acids is 2. The molecule has 3 aromatic rings. The van der Waals surface area contributed by atoms with Gasteiger partial charge in [-0.3, -0.25) is 4.79 Å². The number of fused-ring (bicyclic) bond motifs is 1. The van der Waals surface area contributed by atoms with Crippen LogP contribution in [0, 0.1) is 0 Å². The van der Waals surface area contributed by atoms with Crippen molar-refractivity contribution in [1.82, 2.24) is 0 Å². The number of anilines is 3. The fourth-order valence-electron chi connectivity index (χ4n) is 2.57. The predicted octanol–water partition coefficient (Wildman–Crippen LogP) is 4.18. The second kappa shape index (κ2) is 8.18. The third-order valence-electron chi connectivity index (χ3n) is 3.82. The van der Waals surface area contributed by atoms with Crippen LogP contribution >= 0.6 is 0 Å². The van der Waals surface area contributed by atoms with Crippen LogP contribution in [0.2, 0.25) is 0 Å². The van der Waals surface area contributed by atoms with E-state index in [2.05, 4.69) is 16.0 Å². The molecule has 0 bridgehead atoms. The number of hydrogen-bond acceptors (Lipinski definition) is 4. The van der Waals surface area contributed by atoms with Crippen molar-refractivity contribution in [2.75, 3.05) is 16.0 Å². The average Bonchev–Trinajstić information content (AvgIpc) is 2.64. The molecule has 1 aromatic heterocycles. The van der Waals surface area contributed by atoms with Crippen molar-refractivity contribution in [2.24, 2.45) is 0 Å². The fourth-order valence-corrected chi connectivity index (χ4v) is 2.57. The summed E-state index contributed by atoms with van der Waals surface area (Å²) in [7, 11) is 0. The largest absolute Gasteiger partial charge is 0.421 e. The van der Waals surface area contributed by atoms with Crippen molar-refractivity contribution < 1.29 is 14.0 Å². The van der Waals surface area contributed by atoms with Gasteiger partial charge in [-0.05, 0) is 30.7 Å². The van der Waals surface area contributed by atoms with Gasteiger partial charge < -0.3 is 20.4 Å². The molecule has 0 saturated heterocycles. The van der Waals surface area contributed by atoms with Crippen LogP contribution in [-0.2, 0) is 4.79 Å². The molecule has 0 atom stereocenters. The van der Waals surface area contributed by atoms with Gasteiger partial charge in [-0.1, -0.05) is 37.3 Å². The van der Waals surface area contributed by atoms with Crippen LogP contribution < -0.4 is 21.6 Å². The minimum absolute atomic E-state index is 0.0266. The van der Waals surface area contributed by atoms with Gasteiger partial charge in [0.2, 0.25) is 5.91 Å². The highest BCUT2D eigenvalue weighted by Crippen LogP contribution is 2.22. The van der Waals surface area contributed by atoms with Crippen LogP contribution in [0.25, 0.3) is 11.0 Å². The van der Waals surface area contributed by atoms with E-state index >= 15 is 0 Å². The second-order valence-electron chi connectivity index (χ2n) is 5.91. The molecule has 0 unspecified atom stereocenters. The zero-order valence-electron chi connectivity index (χ0n) is 14.7. The average molecular weight is 365 g/mol. The lowest BCUT2D eigenvalue weighted by Gasteiger charge is -2.12. The van der Waals surface area contributed by atoms with Crippen LogP contribution in [-0.4, -0.2) is 11.9 Å². The summed E-state index contributed by atoms with van der Waals surface area (Å²) in [6, 6.07) is 14.8. The Kier molecular flexibility index (Phi) is 5.51. The molecule has 1 heterocycles. The van der Waals surface area contributed by atoms with E-state index in [1.807, 2.05) is 6.92 Å². The van der Waals surface area contributed by atoms with Gasteiger partial charge >= 0.3 is 11.7 Å². The lowest BCUT2D eigenvalue weighted by molar-refractivity contribution is -0.116. The molecule has 0 aliphatic heterocycles. The van der Waals surface area contributed by atoms with Gasteiger partial charge in [0.15, 0.2) is 0 Å². The number of nitrogens with one attached hydrogen (secondary N) is 3. The highest BCUT2D eigenvalue weighted by atomic mass is 16.4. The summed E-state index contributed by atoms with van der Waals surface area (Å²) in [5, 5.41) is 8.57. The van der Waals surface area contributed by atoms with E-state index in [1.54, 1.807) is 54.6 Å². The first-order chi connectivity index (χ1) is 13.1. The van der Waals surface area contributed by atoms with Gasteiger partial charge in [-0.25, -0.2) is 9.59 Å². The summed E-state index contributed by atoms with van der Waals surface area (Å²) in [6.07, 6.45) is 1.11. The monoisotopic (exact) mass is 365 g/mol. The molecule has 3 amide bonds. The number of rotatable bonds is 5. The quantitative estimate of drug-likeness (QED) is 0.591. The summed E-state index contributed by atoms with van der Waals surface area (Å²) in [5.41, 5.74) is 0.728. The Bertz CT molecular complexity index is 1040. The molecule has 3 N–H and O–H groups in total. The molecular weight excluding hydrogens is 346 g/mol. The van der Waals surface area contributed by atoms with Crippen molar-refractivity contribution in [2.45, 2.75) is 19.8 Å². The minimum Gasteiger partial charge on any atom is -0.421 e. The summed E-state index contributed by atoms with van der Waals surface area (Å²) < 4.78 is 5.19. The standard InChI is InChI=1S/C20H19N3O4/c1-2-7-18(24)21-14-9-4-5-10-15(14)22-20(26)23-16-12-13-8-3-6-11-17(13)27-19(16)25/h3-6,8-12H,2,7H2,1H3,(H,21,24)(H2,22,23,26). The molecule has 0 radical (unpaired) electrons. The Labute approximate surface area is 155 Å².